The minimum absolute atomic E-state index is 0.0419. The molecule has 2 heterocycles. The van der Waals surface area contributed by atoms with Crippen molar-refractivity contribution >= 4 is 87.0 Å². The Morgan fingerprint density at radius 1 is 1.03 bits per heavy atom. The molecule has 0 unspecified atom stereocenters. The average Bonchev–Trinajstić information content (AvgIpc) is 2.72. The summed E-state index contributed by atoms with van der Waals surface area (Å²) in [6, 6.07) is 8.42. The number of carbonyl (C=O) groups excluding carboxylic acids is 2. The fourth-order valence-electron chi connectivity index (χ4n) is 3.97. The molecular weight excluding hydrogens is 501 g/mol. The maximum atomic E-state index is 13.3. The van der Waals surface area contributed by atoms with Crippen LogP contribution in [-0.2, 0) is 9.59 Å². The number of benzene rings is 2. The SMILES string of the molecule is CC1=CC(C)(C)N(C)c2cc(Cl)c(/C=C3/C(=O)NC(=S)N(c4ccc(Cl)c(Cl)c4)C3=O)cc21. The van der Waals surface area contributed by atoms with Crippen molar-refractivity contribution in [2.45, 2.75) is 26.3 Å². The number of thiocarbonyl (C=S) groups is 1. The van der Waals surface area contributed by atoms with Crippen LogP contribution < -0.4 is 15.1 Å². The van der Waals surface area contributed by atoms with Crippen molar-refractivity contribution in [1.29, 1.82) is 0 Å². The molecule has 4 rings (SSSR count). The van der Waals surface area contributed by atoms with E-state index in [1.807, 2.05) is 26.1 Å². The van der Waals surface area contributed by atoms with Gasteiger partial charge in [0.05, 0.1) is 21.3 Å². The highest BCUT2D eigenvalue weighted by Gasteiger charge is 2.35. The summed E-state index contributed by atoms with van der Waals surface area (Å²) in [7, 11) is 2.00. The van der Waals surface area contributed by atoms with Crippen molar-refractivity contribution in [2.75, 3.05) is 16.8 Å². The number of nitrogens with one attached hydrogen (secondary N) is 1. The van der Waals surface area contributed by atoms with Gasteiger partial charge in [-0.15, -0.1) is 0 Å². The second kappa shape index (κ2) is 8.44. The fourth-order valence-corrected chi connectivity index (χ4v) is 4.76. The molecule has 2 aliphatic rings. The zero-order valence-electron chi connectivity index (χ0n) is 18.3. The Balaban J connectivity index is 1.79. The van der Waals surface area contributed by atoms with Gasteiger partial charge in [-0.25, -0.2) is 0 Å². The number of halogens is 3. The van der Waals surface area contributed by atoms with Crippen molar-refractivity contribution in [2.24, 2.45) is 0 Å². The second-order valence-corrected chi connectivity index (χ2v) is 10.1. The van der Waals surface area contributed by atoms with E-state index in [-0.39, 0.29) is 21.2 Å². The molecule has 2 aliphatic heterocycles. The highest BCUT2D eigenvalue weighted by Crippen LogP contribution is 2.41. The molecule has 1 fully saturated rings. The molecule has 33 heavy (non-hydrogen) atoms. The minimum Gasteiger partial charge on any atom is -0.365 e. The van der Waals surface area contributed by atoms with E-state index in [0.717, 1.165) is 16.8 Å². The molecule has 0 aliphatic carbocycles. The van der Waals surface area contributed by atoms with Crippen LogP contribution in [0, 0.1) is 0 Å². The van der Waals surface area contributed by atoms with Crippen molar-refractivity contribution in [3.63, 3.8) is 0 Å². The Morgan fingerprint density at radius 3 is 2.39 bits per heavy atom. The third kappa shape index (κ3) is 4.17. The molecule has 9 heteroatoms. The fraction of sp³-hybridized carbons (Fsp3) is 0.208. The van der Waals surface area contributed by atoms with Crippen molar-refractivity contribution in [3.05, 3.63) is 68.2 Å². The summed E-state index contributed by atoms with van der Waals surface area (Å²) in [5, 5.41) is 3.55. The molecule has 2 aromatic rings. The Morgan fingerprint density at radius 2 is 1.73 bits per heavy atom. The number of nitrogens with zero attached hydrogens (tertiary/aromatic N) is 2. The van der Waals surface area contributed by atoms with Crippen LogP contribution >= 0.6 is 47.0 Å². The molecule has 0 saturated carbocycles. The molecule has 0 radical (unpaired) electrons. The Bertz CT molecular complexity index is 1300. The average molecular weight is 521 g/mol. The van der Waals surface area contributed by atoms with E-state index >= 15 is 0 Å². The first-order valence-electron chi connectivity index (χ1n) is 10.0. The molecule has 5 nitrogen and oxygen atoms in total. The largest absolute Gasteiger partial charge is 0.365 e. The molecular formula is C24H20Cl3N3O2S. The number of fused-ring (bicyclic) bond motifs is 1. The van der Waals surface area contributed by atoms with Crippen LogP contribution in [0.5, 0.6) is 0 Å². The van der Waals surface area contributed by atoms with Crippen molar-refractivity contribution in [1.82, 2.24) is 5.32 Å². The van der Waals surface area contributed by atoms with Gasteiger partial charge in [0.25, 0.3) is 11.8 Å². The van der Waals surface area contributed by atoms with Gasteiger partial charge in [-0.1, -0.05) is 40.9 Å². The van der Waals surface area contributed by atoms with E-state index in [0.29, 0.717) is 21.3 Å². The first-order valence-corrected chi connectivity index (χ1v) is 11.6. The van der Waals surface area contributed by atoms with E-state index in [4.69, 9.17) is 47.0 Å². The predicted molar refractivity (Wildman–Crippen MR) is 140 cm³/mol. The zero-order valence-corrected chi connectivity index (χ0v) is 21.4. The van der Waals surface area contributed by atoms with Gasteiger partial charge in [0.2, 0.25) is 0 Å². The van der Waals surface area contributed by atoms with Crippen LogP contribution in [0.3, 0.4) is 0 Å². The third-order valence-electron chi connectivity index (χ3n) is 5.90. The highest BCUT2D eigenvalue weighted by atomic mass is 35.5. The quantitative estimate of drug-likeness (QED) is 0.295. The predicted octanol–water partition coefficient (Wildman–Crippen LogP) is 6.11. The number of hydrogen-bond acceptors (Lipinski definition) is 4. The molecule has 0 bridgehead atoms. The summed E-state index contributed by atoms with van der Waals surface area (Å²) < 4.78 is 0. The lowest BCUT2D eigenvalue weighted by atomic mass is 9.88. The smallest absolute Gasteiger partial charge is 0.270 e. The normalized spacial score (nSPS) is 18.9. The van der Waals surface area contributed by atoms with Gasteiger partial charge in [0.15, 0.2) is 5.11 Å². The maximum Gasteiger partial charge on any atom is 0.270 e. The van der Waals surface area contributed by atoms with Gasteiger partial charge in [-0.05, 0) is 80.5 Å². The van der Waals surface area contributed by atoms with Gasteiger partial charge in [0.1, 0.15) is 5.57 Å². The number of allylic oxidation sites excluding steroid dienone is 1. The monoisotopic (exact) mass is 519 g/mol. The molecule has 1 N–H and O–H groups in total. The summed E-state index contributed by atoms with van der Waals surface area (Å²) >= 11 is 24.0. The van der Waals surface area contributed by atoms with E-state index in [1.165, 1.54) is 17.0 Å². The number of likely N-dealkylation sites (N-methyl/N-ethyl adjacent to an activating group) is 1. The number of amides is 2. The summed E-state index contributed by atoms with van der Waals surface area (Å²) in [5.41, 5.74) is 3.72. The Hall–Kier alpha value is -2.38. The van der Waals surface area contributed by atoms with E-state index < -0.39 is 11.8 Å². The zero-order chi connectivity index (χ0) is 24.2. The maximum absolute atomic E-state index is 13.3. The number of rotatable bonds is 2. The Kier molecular flexibility index (Phi) is 6.08. The standard InChI is InChI=1S/C24H20Cl3N3O2S/c1-12-11-24(2,3)29(4)20-10-18(26)13(7-15(12)20)8-16-21(31)28-23(33)30(22(16)32)14-5-6-17(25)19(27)9-14/h5-11H,1-4H3,(H,28,31,33)/b16-8-. The van der Waals surface area contributed by atoms with Crippen LogP contribution in [0.25, 0.3) is 11.6 Å². The molecule has 2 aromatic carbocycles. The summed E-state index contributed by atoms with van der Waals surface area (Å²) in [5.74, 6) is -1.18. The first kappa shape index (κ1) is 23.8. The van der Waals surface area contributed by atoms with E-state index in [2.05, 4.69) is 30.1 Å². The van der Waals surface area contributed by atoms with Crippen LogP contribution in [0.4, 0.5) is 11.4 Å². The third-order valence-corrected chi connectivity index (χ3v) is 7.25. The molecule has 0 atom stereocenters. The lowest BCUT2D eigenvalue weighted by Crippen LogP contribution is -2.54. The van der Waals surface area contributed by atoms with Crippen LogP contribution in [-0.4, -0.2) is 29.5 Å². The Labute approximate surface area is 212 Å². The molecule has 1 saturated heterocycles. The topological polar surface area (TPSA) is 52.7 Å². The van der Waals surface area contributed by atoms with Crippen LogP contribution in [0.1, 0.15) is 31.9 Å². The molecule has 170 valence electrons. The number of anilines is 2. The van der Waals surface area contributed by atoms with Crippen LogP contribution in [0.2, 0.25) is 15.1 Å². The lowest BCUT2D eigenvalue weighted by molar-refractivity contribution is -0.122. The van der Waals surface area contributed by atoms with Crippen LogP contribution in [0.15, 0.2) is 42.0 Å². The summed E-state index contributed by atoms with van der Waals surface area (Å²) in [4.78, 5) is 29.4. The second-order valence-electron chi connectivity index (χ2n) is 8.49. The van der Waals surface area contributed by atoms with Gasteiger partial charge in [0, 0.05) is 23.3 Å². The highest BCUT2D eigenvalue weighted by molar-refractivity contribution is 7.80. The summed E-state index contributed by atoms with van der Waals surface area (Å²) in [6.07, 6.45) is 3.66. The molecule has 0 spiro atoms. The van der Waals surface area contributed by atoms with Crippen molar-refractivity contribution < 1.29 is 9.59 Å². The lowest BCUT2D eigenvalue weighted by Gasteiger charge is -2.40. The summed E-state index contributed by atoms with van der Waals surface area (Å²) in [6.45, 7) is 6.27. The van der Waals surface area contributed by atoms with Gasteiger partial charge in [-0.2, -0.15) is 0 Å². The number of carbonyl (C=O) groups is 2. The van der Waals surface area contributed by atoms with Gasteiger partial charge < -0.3 is 4.90 Å². The van der Waals surface area contributed by atoms with E-state index in [9.17, 15) is 9.59 Å². The minimum atomic E-state index is -0.597. The molecule has 0 aromatic heterocycles. The van der Waals surface area contributed by atoms with Gasteiger partial charge in [-0.3, -0.25) is 19.8 Å². The van der Waals surface area contributed by atoms with Gasteiger partial charge >= 0.3 is 0 Å². The number of hydrogen-bond donors (Lipinski definition) is 1. The van der Waals surface area contributed by atoms with Crippen molar-refractivity contribution in [3.8, 4) is 0 Å². The molecule has 2 amide bonds. The first-order chi connectivity index (χ1) is 15.4. The van der Waals surface area contributed by atoms with E-state index in [1.54, 1.807) is 12.1 Å².